The average molecular weight is 626 g/mol. The number of hydrogen-bond donors (Lipinski definition) is 2. The number of amides is 2. The van der Waals surface area contributed by atoms with Gasteiger partial charge in [-0.2, -0.15) is 5.10 Å². The Hall–Kier alpha value is -5.37. The number of anilines is 2. The highest BCUT2D eigenvalue weighted by atomic mass is 35.5. The number of aromatic nitrogens is 5. The number of rotatable bonds is 8. The van der Waals surface area contributed by atoms with E-state index in [1.165, 1.54) is 46.2 Å². The number of carbonyl (C=O) groups excluding carboxylic acids is 2. The first kappa shape index (κ1) is 30.1. The third kappa shape index (κ3) is 6.98. The lowest BCUT2D eigenvalue weighted by Gasteiger charge is -2.14. The minimum atomic E-state index is -4.78. The molecule has 0 saturated carbocycles. The first-order valence-corrected chi connectivity index (χ1v) is 13.4. The highest BCUT2D eigenvalue weighted by molar-refractivity contribution is 6.30. The predicted molar refractivity (Wildman–Crippen MR) is 155 cm³/mol. The number of carbonyl (C=O) groups is 2. The van der Waals surface area contributed by atoms with Gasteiger partial charge in [-0.3, -0.25) is 5.32 Å². The van der Waals surface area contributed by atoms with Crippen molar-refractivity contribution in [3.8, 4) is 28.5 Å². The van der Waals surface area contributed by atoms with Gasteiger partial charge in [-0.05, 0) is 86.1 Å². The molecule has 0 aliphatic rings. The second kappa shape index (κ2) is 12.5. The molecule has 3 aromatic carbocycles. The summed E-state index contributed by atoms with van der Waals surface area (Å²) in [4.78, 5) is 29.9. The number of urea groups is 1. The summed E-state index contributed by atoms with van der Waals surface area (Å²) < 4.78 is 49.1. The maximum Gasteiger partial charge on any atom is 0.573 e. The Balaban J connectivity index is 1.29. The Kier molecular flexibility index (Phi) is 8.53. The number of aryl methyl sites for hydroxylation is 1. The van der Waals surface area contributed by atoms with Crippen molar-refractivity contribution < 1.29 is 32.2 Å². The minimum absolute atomic E-state index is 0.0656. The number of benzene rings is 3. The highest BCUT2D eigenvalue weighted by Gasteiger charge is 2.31. The van der Waals surface area contributed by atoms with Crippen molar-refractivity contribution in [1.82, 2.24) is 24.5 Å². The number of halogens is 4. The van der Waals surface area contributed by atoms with E-state index in [-0.39, 0.29) is 23.7 Å². The number of esters is 1. The van der Waals surface area contributed by atoms with Crippen LogP contribution in [0.1, 0.15) is 22.8 Å². The standard InChI is InChI=1S/C29H23ClF3N7O4/c1-3-43-27(41)23-15-35-40(24-13-6-19(30)14-17(24)2)26(23)37-28(42)36-20-7-4-18(5-8-20)25-34-16-39(38-25)21-9-11-22(12-10-21)44-29(31,32)33/h4-16H,3H2,1-2H3,(H2,36,37,42). The SMILES string of the molecule is CCOC(=O)c1cnn(-c2ccc(Cl)cc2C)c1NC(=O)Nc1ccc(-c2ncn(-c3ccc(OC(F)(F)F)cc3)n2)cc1. The third-order valence-corrected chi connectivity index (χ3v) is 6.35. The van der Waals surface area contributed by atoms with Gasteiger partial charge in [0, 0.05) is 16.3 Å². The molecule has 15 heteroatoms. The zero-order chi connectivity index (χ0) is 31.4. The predicted octanol–water partition coefficient (Wildman–Crippen LogP) is 6.80. The van der Waals surface area contributed by atoms with E-state index in [1.54, 1.807) is 49.4 Å². The van der Waals surface area contributed by atoms with Crippen LogP contribution in [-0.4, -0.2) is 49.5 Å². The summed E-state index contributed by atoms with van der Waals surface area (Å²) in [6, 6.07) is 16.3. The third-order valence-electron chi connectivity index (χ3n) is 6.11. The van der Waals surface area contributed by atoms with Crippen LogP contribution in [0, 0.1) is 6.92 Å². The Bertz CT molecular complexity index is 1800. The molecule has 0 fully saturated rings. The van der Waals surface area contributed by atoms with Crippen LogP contribution in [0.2, 0.25) is 5.02 Å². The maximum absolute atomic E-state index is 13.0. The fourth-order valence-corrected chi connectivity index (χ4v) is 4.39. The molecule has 0 aliphatic carbocycles. The average Bonchev–Trinajstić information content (AvgIpc) is 3.61. The highest BCUT2D eigenvalue weighted by Crippen LogP contribution is 2.27. The zero-order valence-corrected chi connectivity index (χ0v) is 23.8. The number of alkyl halides is 3. The van der Waals surface area contributed by atoms with E-state index in [4.69, 9.17) is 16.3 Å². The molecule has 5 rings (SSSR count). The van der Waals surface area contributed by atoms with Gasteiger partial charge < -0.3 is 14.8 Å². The van der Waals surface area contributed by atoms with Gasteiger partial charge in [-0.25, -0.2) is 23.9 Å². The first-order valence-electron chi connectivity index (χ1n) is 13.0. The molecule has 2 N–H and O–H groups in total. The Labute approximate surface area is 253 Å². The van der Waals surface area contributed by atoms with Crippen LogP contribution in [0.5, 0.6) is 5.75 Å². The lowest BCUT2D eigenvalue weighted by atomic mass is 10.2. The maximum atomic E-state index is 13.0. The van der Waals surface area contributed by atoms with Crippen molar-refractivity contribution in [1.29, 1.82) is 0 Å². The fraction of sp³-hybridized carbons (Fsp3) is 0.138. The summed E-state index contributed by atoms with van der Waals surface area (Å²) in [7, 11) is 0. The molecule has 11 nitrogen and oxygen atoms in total. The van der Waals surface area contributed by atoms with Crippen LogP contribution in [-0.2, 0) is 4.74 Å². The van der Waals surface area contributed by atoms with E-state index in [2.05, 4.69) is 30.6 Å². The van der Waals surface area contributed by atoms with Crippen LogP contribution in [0.4, 0.5) is 29.5 Å². The first-order chi connectivity index (χ1) is 21.0. The second-order valence-electron chi connectivity index (χ2n) is 9.18. The molecule has 0 spiro atoms. The van der Waals surface area contributed by atoms with Gasteiger partial charge in [-0.1, -0.05) is 11.6 Å². The molecular weight excluding hydrogens is 603 g/mol. The number of nitrogens with one attached hydrogen (secondary N) is 2. The Morgan fingerprint density at radius 2 is 1.73 bits per heavy atom. The molecule has 2 amide bonds. The monoisotopic (exact) mass is 625 g/mol. The topological polar surface area (TPSA) is 125 Å². The molecule has 44 heavy (non-hydrogen) atoms. The lowest BCUT2D eigenvalue weighted by Crippen LogP contribution is -2.23. The van der Waals surface area contributed by atoms with Crippen molar-refractivity contribution in [2.45, 2.75) is 20.2 Å². The molecular formula is C29H23ClF3N7O4. The van der Waals surface area contributed by atoms with Gasteiger partial charge in [0.05, 0.1) is 24.2 Å². The lowest BCUT2D eigenvalue weighted by molar-refractivity contribution is -0.274. The molecule has 0 atom stereocenters. The van der Waals surface area contributed by atoms with Crippen molar-refractivity contribution >= 4 is 35.1 Å². The van der Waals surface area contributed by atoms with E-state index in [1.807, 2.05) is 6.92 Å². The summed E-state index contributed by atoms with van der Waals surface area (Å²) in [5.41, 5.74) is 2.95. The molecule has 226 valence electrons. The fourth-order valence-electron chi connectivity index (χ4n) is 4.16. The number of nitrogens with zero attached hydrogens (tertiary/aromatic N) is 5. The summed E-state index contributed by atoms with van der Waals surface area (Å²) in [5.74, 6) is -0.549. The van der Waals surface area contributed by atoms with E-state index >= 15 is 0 Å². The van der Waals surface area contributed by atoms with Gasteiger partial charge in [0.2, 0.25) is 0 Å². The zero-order valence-electron chi connectivity index (χ0n) is 23.1. The molecule has 0 radical (unpaired) electrons. The molecule has 2 aromatic heterocycles. The van der Waals surface area contributed by atoms with Crippen LogP contribution in [0.15, 0.2) is 79.3 Å². The smallest absolute Gasteiger partial charge is 0.462 e. The number of ether oxygens (including phenoxy) is 2. The van der Waals surface area contributed by atoms with Gasteiger partial charge >= 0.3 is 18.4 Å². The second-order valence-corrected chi connectivity index (χ2v) is 9.62. The summed E-state index contributed by atoms with van der Waals surface area (Å²) in [6.45, 7) is 3.63. The molecule has 5 aromatic rings. The van der Waals surface area contributed by atoms with Crippen LogP contribution in [0.25, 0.3) is 22.8 Å². The van der Waals surface area contributed by atoms with E-state index in [0.717, 1.165) is 5.56 Å². The van der Waals surface area contributed by atoms with Crippen LogP contribution in [0.3, 0.4) is 0 Å². The van der Waals surface area contributed by atoms with Gasteiger partial charge in [0.15, 0.2) is 11.6 Å². The van der Waals surface area contributed by atoms with Crippen molar-refractivity contribution in [3.05, 3.63) is 95.4 Å². The molecule has 0 aliphatic heterocycles. The van der Waals surface area contributed by atoms with Crippen molar-refractivity contribution in [2.75, 3.05) is 17.2 Å². The summed E-state index contributed by atoms with van der Waals surface area (Å²) in [5, 5.41) is 14.6. The van der Waals surface area contributed by atoms with E-state index in [0.29, 0.717) is 33.5 Å². The molecule has 0 saturated heterocycles. The largest absolute Gasteiger partial charge is 0.573 e. The normalized spacial score (nSPS) is 11.2. The molecule has 2 heterocycles. The van der Waals surface area contributed by atoms with Crippen molar-refractivity contribution in [3.63, 3.8) is 0 Å². The number of hydrogen-bond acceptors (Lipinski definition) is 7. The van der Waals surface area contributed by atoms with Gasteiger partial charge in [-0.15, -0.1) is 18.3 Å². The van der Waals surface area contributed by atoms with E-state index < -0.39 is 18.4 Å². The quantitative estimate of drug-likeness (QED) is 0.182. The molecule has 0 bridgehead atoms. The Morgan fingerprint density at radius 3 is 2.39 bits per heavy atom. The van der Waals surface area contributed by atoms with E-state index in [9.17, 15) is 22.8 Å². The van der Waals surface area contributed by atoms with Gasteiger partial charge in [0.1, 0.15) is 17.6 Å². The van der Waals surface area contributed by atoms with Crippen LogP contribution >= 0.6 is 11.6 Å². The Morgan fingerprint density at radius 1 is 1.00 bits per heavy atom. The molecule has 0 unspecified atom stereocenters. The van der Waals surface area contributed by atoms with Gasteiger partial charge in [0.25, 0.3) is 0 Å². The minimum Gasteiger partial charge on any atom is -0.462 e. The summed E-state index contributed by atoms with van der Waals surface area (Å²) >= 11 is 6.09. The van der Waals surface area contributed by atoms with Crippen LogP contribution < -0.4 is 15.4 Å². The summed E-state index contributed by atoms with van der Waals surface area (Å²) in [6.07, 6.45) is -2.05. The van der Waals surface area contributed by atoms with Crippen molar-refractivity contribution in [2.24, 2.45) is 0 Å².